The molecule has 0 amide bonds. The molecule has 0 bridgehead atoms. The topological polar surface area (TPSA) is 68.3 Å². The lowest BCUT2D eigenvalue weighted by Crippen LogP contribution is -2.16. The van der Waals surface area contributed by atoms with E-state index >= 15 is 0 Å². The van der Waals surface area contributed by atoms with E-state index in [1.807, 2.05) is 6.07 Å². The van der Waals surface area contributed by atoms with Crippen molar-refractivity contribution in [3.05, 3.63) is 23.8 Å². The van der Waals surface area contributed by atoms with E-state index in [0.29, 0.717) is 23.6 Å². The van der Waals surface area contributed by atoms with Gasteiger partial charge in [0, 0.05) is 12.3 Å². The predicted octanol–water partition coefficient (Wildman–Crippen LogP) is 1.70. The molecule has 2 N–H and O–H groups in total. The molecule has 1 atom stereocenters. The highest BCUT2D eigenvalue weighted by molar-refractivity contribution is 5.56. The van der Waals surface area contributed by atoms with E-state index < -0.39 is 0 Å². The Morgan fingerprint density at radius 2 is 2.44 bits per heavy atom. The van der Waals surface area contributed by atoms with Crippen molar-refractivity contribution in [2.75, 3.05) is 18.9 Å². The first-order valence-electron chi connectivity index (χ1n) is 5.33. The van der Waals surface area contributed by atoms with Crippen LogP contribution < -0.4 is 10.5 Å². The Hall–Kier alpha value is -1.73. The summed E-state index contributed by atoms with van der Waals surface area (Å²) in [7, 11) is 0. The van der Waals surface area contributed by atoms with Crippen molar-refractivity contribution in [3.63, 3.8) is 0 Å². The second-order valence-corrected chi connectivity index (χ2v) is 3.81. The number of nitrogen functional groups attached to an aromatic ring is 1. The average molecular weight is 218 g/mol. The quantitative estimate of drug-likeness (QED) is 0.784. The van der Waals surface area contributed by atoms with Gasteiger partial charge in [-0.1, -0.05) is 0 Å². The van der Waals surface area contributed by atoms with Crippen LogP contribution in [0.4, 0.5) is 5.69 Å². The number of nitrogens with zero attached hydrogens (tertiary/aromatic N) is 1. The van der Waals surface area contributed by atoms with Gasteiger partial charge >= 0.3 is 0 Å². The second-order valence-electron chi connectivity index (χ2n) is 3.81. The van der Waals surface area contributed by atoms with Crippen LogP contribution in [0.1, 0.15) is 18.4 Å². The molecule has 0 saturated carbocycles. The van der Waals surface area contributed by atoms with Gasteiger partial charge in [0.1, 0.15) is 18.4 Å². The molecule has 4 nitrogen and oxygen atoms in total. The smallest absolute Gasteiger partial charge is 0.120 e. The molecule has 1 aliphatic heterocycles. The summed E-state index contributed by atoms with van der Waals surface area (Å²) in [6, 6.07) is 7.14. The summed E-state index contributed by atoms with van der Waals surface area (Å²) in [5.74, 6) is 0.668. The average Bonchev–Trinajstić information content (AvgIpc) is 2.81. The first kappa shape index (κ1) is 10.8. The van der Waals surface area contributed by atoms with Gasteiger partial charge in [-0.2, -0.15) is 5.26 Å². The molecule has 16 heavy (non-hydrogen) atoms. The van der Waals surface area contributed by atoms with Crippen LogP contribution in [-0.4, -0.2) is 19.3 Å². The number of anilines is 1. The Kier molecular flexibility index (Phi) is 3.28. The van der Waals surface area contributed by atoms with E-state index in [9.17, 15) is 0 Å². The third-order valence-corrected chi connectivity index (χ3v) is 2.61. The Bertz CT molecular complexity index is 406. The number of ether oxygens (including phenoxy) is 2. The molecule has 84 valence electrons. The van der Waals surface area contributed by atoms with Crippen molar-refractivity contribution in [3.8, 4) is 11.8 Å². The first-order chi connectivity index (χ1) is 7.79. The van der Waals surface area contributed by atoms with Crippen molar-refractivity contribution >= 4 is 5.69 Å². The number of benzene rings is 1. The standard InChI is InChI=1S/C12H14N2O2/c13-7-9-6-10(3-4-12(9)14)16-8-11-2-1-5-15-11/h3-4,6,11H,1-2,5,8,14H2. The first-order valence-corrected chi connectivity index (χ1v) is 5.33. The van der Waals surface area contributed by atoms with E-state index in [1.165, 1.54) is 0 Å². The normalized spacial score (nSPS) is 19.3. The molecule has 1 aliphatic rings. The summed E-state index contributed by atoms with van der Waals surface area (Å²) in [4.78, 5) is 0. The molecule has 1 aromatic rings. The molecular weight excluding hydrogens is 204 g/mol. The minimum Gasteiger partial charge on any atom is -0.491 e. The molecule has 1 aromatic carbocycles. The minimum atomic E-state index is 0.183. The molecule has 1 saturated heterocycles. The molecule has 0 radical (unpaired) electrons. The molecule has 0 spiro atoms. The Morgan fingerprint density at radius 1 is 1.56 bits per heavy atom. The van der Waals surface area contributed by atoms with Crippen molar-refractivity contribution in [2.24, 2.45) is 0 Å². The van der Waals surface area contributed by atoms with Gasteiger partial charge in [-0.3, -0.25) is 0 Å². The van der Waals surface area contributed by atoms with Crippen LogP contribution in [0.3, 0.4) is 0 Å². The molecule has 2 rings (SSSR count). The third kappa shape index (κ3) is 2.44. The molecule has 0 aliphatic carbocycles. The fourth-order valence-corrected chi connectivity index (χ4v) is 1.69. The Balaban J connectivity index is 1.96. The highest BCUT2D eigenvalue weighted by Crippen LogP contribution is 2.20. The van der Waals surface area contributed by atoms with Crippen molar-refractivity contribution in [2.45, 2.75) is 18.9 Å². The molecule has 4 heteroatoms. The van der Waals surface area contributed by atoms with Gasteiger partial charge in [-0.05, 0) is 31.0 Å². The van der Waals surface area contributed by atoms with E-state index in [0.717, 1.165) is 19.4 Å². The summed E-state index contributed by atoms with van der Waals surface area (Å²) in [6.07, 6.45) is 2.32. The lowest BCUT2D eigenvalue weighted by Gasteiger charge is -2.11. The Labute approximate surface area is 94.6 Å². The monoisotopic (exact) mass is 218 g/mol. The Morgan fingerprint density at radius 3 is 3.12 bits per heavy atom. The third-order valence-electron chi connectivity index (χ3n) is 2.61. The maximum Gasteiger partial charge on any atom is 0.120 e. The van der Waals surface area contributed by atoms with Crippen LogP contribution >= 0.6 is 0 Å². The van der Waals surface area contributed by atoms with Gasteiger partial charge in [0.25, 0.3) is 0 Å². The fourth-order valence-electron chi connectivity index (χ4n) is 1.69. The highest BCUT2D eigenvalue weighted by atomic mass is 16.5. The zero-order valence-corrected chi connectivity index (χ0v) is 8.98. The predicted molar refractivity (Wildman–Crippen MR) is 60.0 cm³/mol. The van der Waals surface area contributed by atoms with Gasteiger partial charge in [0.05, 0.1) is 11.7 Å². The van der Waals surface area contributed by atoms with Crippen LogP contribution in [0.15, 0.2) is 18.2 Å². The summed E-state index contributed by atoms with van der Waals surface area (Å²) >= 11 is 0. The maximum absolute atomic E-state index is 8.81. The number of nitriles is 1. The zero-order chi connectivity index (χ0) is 11.4. The minimum absolute atomic E-state index is 0.183. The van der Waals surface area contributed by atoms with Crippen LogP contribution in [0.2, 0.25) is 0 Å². The van der Waals surface area contributed by atoms with E-state index in [2.05, 4.69) is 0 Å². The molecule has 0 aromatic heterocycles. The van der Waals surface area contributed by atoms with Crippen molar-refractivity contribution < 1.29 is 9.47 Å². The van der Waals surface area contributed by atoms with Crippen LogP contribution in [0, 0.1) is 11.3 Å². The van der Waals surface area contributed by atoms with E-state index in [-0.39, 0.29) is 6.10 Å². The number of hydrogen-bond acceptors (Lipinski definition) is 4. The number of nitrogens with two attached hydrogens (primary N) is 1. The van der Waals surface area contributed by atoms with Gasteiger partial charge in [0.2, 0.25) is 0 Å². The zero-order valence-electron chi connectivity index (χ0n) is 8.98. The van der Waals surface area contributed by atoms with Gasteiger partial charge in [-0.25, -0.2) is 0 Å². The van der Waals surface area contributed by atoms with Gasteiger partial charge in [-0.15, -0.1) is 0 Å². The van der Waals surface area contributed by atoms with Gasteiger partial charge in [0.15, 0.2) is 0 Å². The number of rotatable bonds is 3. The van der Waals surface area contributed by atoms with Crippen LogP contribution in [0.25, 0.3) is 0 Å². The van der Waals surface area contributed by atoms with E-state index in [4.69, 9.17) is 20.5 Å². The summed E-state index contributed by atoms with van der Waals surface area (Å²) < 4.78 is 11.0. The second kappa shape index (κ2) is 4.86. The summed E-state index contributed by atoms with van der Waals surface area (Å²) in [5, 5.41) is 8.81. The highest BCUT2D eigenvalue weighted by Gasteiger charge is 2.16. The van der Waals surface area contributed by atoms with Crippen molar-refractivity contribution in [1.82, 2.24) is 0 Å². The molecular formula is C12H14N2O2. The fraction of sp³-hybridized carbons (Fsp3) is 0.417. The maximum atomic E-state index is 8.81. The molecule has 1 fully saturated rings. The van der Waals surface area contributed by atoms with Crippen molar-refractivity contribution in [1.29, 1.82) is 5.26 Å². The SMILES string of the molecule is N#Cc1cc(OCC2CCCO2)ccc1N. The molecule has 1 heterocycles. The largest absolute Gasteiger partial charge is 0.491 e. The van der Waals surface area contributed by atoms with E-state index in [1.54, 1.807) is 18.2 Å². The lowest BCUT2D eigenvalue weighted by atomic mass is 10.2. The lowest BCUT2D eigenvalue weighted by molar-refractivity contribution is 0.0679. The van der Waals surface area contributed by atoms with Crippen LogP contribution in [0.5, 0.6) is 5.75 Å². The summed E-state index contributed by atoms with van der Waals surface area (Å²) in [5.41, 5.74) is 6.54. The van der Waals surface area contributed by atoms with Crippen LogP contribution in [-0.2, 0) is 4.74 Å². The number of hydrogen-bond donors (Lipinski definition) is 1. The summed E-state index contributed by atoms with van der Waals surface area (Å²) in [6.45, 7) is 1.36. The molecule has 1 unspecified atom stereocenters. The van der Waals surface area contributed by atoms with Gasteiger partial charge < -0.3 is 15.2 Å².